The number of ether oxygens (including phenoxy) is 2. The van der Waals surface area contributed by atoms with Crippen molar-refractivity contribution in [2.45, 2.75) is 42.2 Å². The van der Waals surface area contributed by atoms with Gasteiger partial charge in [-0.2, -0.15) is 0 Å². The molecule has 0 bridgehead atoms. The first-order valence-corrected chi connectivity index (χ1v) is 13.2. The normalized spacial score (nSPS) is 24.1. The predicted molar refractivity (Wildman–Crippen MR) is 130 cm³/mol. The molecule has 37 heavy (non-hydrogen) atoms. The van der Waals surface area contributed by atoms with Gasteiger partial charge >= 0.3 is 5.97 Å². The first kappa shape index (κ1) is 27.1. The van der Waals surface area contributed by atoms with Crippen molar-refractivity contribution < 1.29 is 43.1 Å². The van der Waals surface area contributed by atoms with Gasteiger partial charge in [-0.1, -0.05) is 23.7 Å². The molecule has 0 unspecified atom stereocenters. The molecule has 196 valence electrons. The largest absolute Gasteiger partial charge is 0.479 e. The van der Waals surface area contributed by atoms with E-state index in [-0.39, 0.29) is 11.5 Å². The van der Waals surface area contributed by atoms with Crippen molar-refractivity contribution in [1.82, 2.24) is 9.97 Å². The van der Waals surface area contributed by atoms with Gasteiger partial charge in [0.15, 0.2) is 22.2 Å². The van der Waals surface area contributed by atoms with Crippen molar-refractivity contribution in [3.8, 4) is 22.4 Å². The van der Waals surface area contributed by atoms with E-state index in [0.29, 0.717) is 33.1 Å². The van der Waals surface area contributed by atoms with Gasteiger partial charge in [-0.25, -0.2) is 13.2 Å². The van der Waals surface area contributed by atoms with Crippen LogP contribution in [0.15, 0.2) is 59.8 Å². The summed E-state index contributed by atoms with van der Waals surface area (Å²) in [5.41, 5.74) is 2.93. The summed E-state index contributed by atoms with van der Waals surface area (Å²) in [5.74, 6) is -1.51. The van der Waals surface area contributed by atoms with Crippen molar-refractivity contribution in [3.05, 3.63) is 65.6 Å². The Bertz CT molecular complexity index is 1380. The first-order valence-electron chi connectivity index (χ1n) is 10.9. The number of halogens is 1. The first-order chi connectivity index (χ1) is 17.5. The van der Waals surface area contributed by atoms with Crippen LogP contribution in [-0.4, -0.2) is 81.7 Å². The van der Waals surface area contributed by atoms with Gasteiger partial charge < -0.3 is 29.9 Å². The maximum atomic E-state index is 11.8. The molecule has 0 aliphatic carbocycles. The highest BCUT2D eigenvalue weighted by Gasteiger charge is 2.47. The van der Waals surface area contributed by atoms with Gasteiger partial charge in [-0.15, -0.1) is 0 Å². The standard InChI is InChI=1S/C24H23ClN2O9S/c1-37(33,34)16-6-3-12(4-7-16)17-8-14(25)10-27-18(17)13-2-5-15(26-9-13)11-35-24-21(30)19(28)20(29)22(36-24)23(31)32/h2-10,19-22,24,28-30H,11H2,1H3,(H,31,32)/t19-,20-,21-,22+,24+/m0/s1. The lowest BCUT2D eigenvalue weighted by Crippen LogP contribution is -2.60. The number of hydrogen-bond donors (Lipinski definition) is 4. The fraction of sp³-hybridized carbons (Fsp3) is 0.292. The van der Waals surface area contributed by atoms with Crippen LogP contribution in [0.2, 0.25) is 5.02 Å². The van der Waals surface area contributed by atoms with E-state index in [4.69, 9.17) is 26.2 Å². The Hall–Kier alpha value is -2.97. The molecule has 0 amide bonds. The quantitative estimate of drug-likeness (QED) is 0.333. The second-order valence-electron chi connectivity index (χ2n) is 8.43. The highest BCUT2D eigenvalue weighted by Crippen LogP contribution is 2.33. The number of benzene rings is 1. The summed E-state index contributed by atoms with van der Waals surface area (Å²) in [6.45, 7) is -0.189. The molecule has 3 heterocycles. The number of aromatic nitrogens is 2. The molecule has 1 fully saturated rings. The Balaban J connectivity index is 1.52. The van der Waals surface area contributed by atoms with E-state index in [0.717, 1.165) is 6.26 Å². The number of carboxylic acids is 1. The molecular weight excluding hydrogens is 528 g/mol. The van der Waals surface area contributed by atoms with Crippen LogP contribution in [0.25, 0.3) is 22.4 Å². The van der Waals surface area contributed by atoms with Crippen LogP contribution < -0.4 is 0 Å². The third kappa shape index (κ3) is 5.96. The van der Waals surface area contributed by atoms with Crippen LogP contribution in [-0.2, 0) is 30.7 Å². The molecule has 0 saturated carbocycles. The van der Waals surface area contributed by atoms with Crippen molar-refractivity contribution >= 4 is 27.4 Å². The van der Waals surface area contributed by atoms with Gasteiger partial charge in [0.2, 0.25) is 0 Å². The number of nitrogens with zero attached hydrogens (tertiary/aromatic N) is 2. The van der Waals surface area contributed by atoms with Gasteiger partial charge in [-0.05, 0) is 35.9 Å². The molecule has 0 spiro atoms. The number of pyridine rings is 2. The van der Waals surface area contributed by atoms with E-state index in [9.17, 15) is 28.5 Å². The van der Waals surface area contributed by atoms with E-state index >= 15 is 0 Å². The highest BCUT2D eigenvalue weighted by molar-refractivity contribution is 7.90. The Morgan fingerprint density at radius 2 is 1.68 bits per heavy atom. The molecule has 1 aliphatic heterocycles. The van der Waals surface area contributed by atoms with Gasteiger partial charge in [0.25, 0.3) is 0 Å². The lowest BCUT2D eigenvalue weighted by molar-refractivity contribution is -0.297. The van der Waals surface area contributed by atoms with Gasteiger partial charge in [0, 0.05) is 29.8 Å². The summed E-state index contributed by atoms with van der Waals surface area (Å²) in [6, 6.07) is 11.4. The van der Waals surface area contributed by atoms with E-state index < -0.39 is 46.5 Å². The Morgan fingerprint density at radius 3 is 2.27 bits per heavy atom. The topological polar surface area (TPSA) is 176 Å². The number of hydrogen-bond acceptors (Lipinski definition) is 10. The molecule has 5 atom stereocenters. The average Bonchev–Trinajstić information content (AvgIpc) is 2.86. The monoisotopic (exact) mass is 550 g/mol. The smallest absolute Gasteiger partial charge is 0.335 e. The fourth-order valence-corrected chi connectivity index (χ4v) is 4.57. The third-order valence-corrected chi connectivity index (χ3v) is 7.09. The maximum absolute atomic E-state index is 11.8. The fourth-order valence-electron chi connectivity index (χ4n) is 3.78. The zero-order valence-corrected chi connectivity index (χ0v) is 20.9. The molecule has 0 radical (unpaired) electrons. The van der Waals surface area contributed by atoms with Crippen LogP contribution in [0.4, 0.5) is 0 Å². The van der Waals surface area contributed by atoms with Gasteiger partial charge in [-0.3, -0.25) is 9.97 Å². The summed E-state index contributed by atoms with van der Waals surface area (Å²) in [7, 11) is -3.35. The SMILES string of the molecule is CS(=O)(=O)c1ccc(-c2cc(Cl)cnc2-c2ccc(CO[C@@H]3O[C@@H](C(=O)O)[C@@H](O)[C@H](O)[C@@H]3O)nc2)cc1. The van der Waals surface area contributed by atoms with Crippen molar-refractivity contribution in [2.24, 2.45) is 0 Å². The van der Waals surface area contributed by atoms with Crippen LogP contribution in [0.1, 0.15) is 5.69 Å². The summed E-state index contributed by atoms with van der Waals surface area (Å²) in [6.07, 6.45) is -4.38. The van der Waals surface area contributed by atoms with E-state index in [1.54, 1.807) is 30.3 Å². The van der Waals surface area contributed by atoms with Crippen LogP contribution in [0.3, 0.4) is 0 Å². The number of carbonyl (C=O) groups is 1. The molecular formula is C24H23ClN2O9S. The Kier molecular flexibility index (Phi) is 7.90. The van der Waals surface area contributed by atoms with Crippen LogP contribution >= 0.6 is 11.6 Å². The number of aliphatic carboxylic acids is 1. The Morgan fingerprint density at radius 1 is 1.00 bits per heavy atom. The average molecular weight is 551 g/mol. The summed E-state index contributed by atoms with van der Waals surface area (Å²) in [5, 5.41) is 39.3. The predicted octanol–water partition coefficient (Wildman–Crippen LogP) is 1.28. The van der Waals surface area contributed by atoms with Crippen molar-refractivity contribution in [2.75, 3.05) is 6.26 Å². The second-order valence-corrected chi connectivity index (χ2v) is 10.9. The minimum atomic E-state index is -3.35. The molecule has 3 aromatic rings. The minimum Gasteiger partial charge on any atom is -0.479 e. The molecule has 11 nitrogen and oxygen atoms in total. The van der Waals surface area contributed by atoms with Gasteiger partial charge in [0.1, 0.15) is 18.3 Å². The number of sulfone groups is 1. The van der Waals surface area contributed by atoms with Gasteiger partial charge in [0.05, 0.1) is 27.9 Å². The molecule has 1 aliphatic rings. The number of carboxylic acid groups (broad SMARTS) is 1. The summed E-state index contributed by atoms with van der Waals surface area (Å²) < 4.78 is 34.1. The van der Waals surface area contributed by atoms with Crippen LogP contribution in [0, 0.1) is 0 Å². The zero-order chi connectivity index (χ0) is 26.9. The maximum Gasteiger partial charge on any atom is 0.335 e. The van der Waals surface area contributed by atoms with Crippen molar-refractivity contribution in [3.63, 3.8) is 0 Å². The highest BCUT2D eigenvalue weighted by atomic mass is 35.5. The molecule has 4 rings (SSSR count). The van der Waals surface area contributed by atoms with E-state index in [1.165, 1.54) is 24.5 Å². The number of aliphatic hydroxyl groups excluding tert-OH is 3. The number of aliphatic hydroxyl groups is 3. The van der Waals surface area contributed by atoms with E-state index in [2.05, 4.69) is 9.97 Å². The summed E-state index contributed by atoms with van der Waals surface area (Å²) >= 11 is 6.17. The number of rotatable bonds is 7. The summed E-state index contributed by atoms with van der Waals surface area (Å²) in [4.78, 5) is 20.1. The zero-order valence-electron chi connectivity index (χ0n) is 19.3. The lowest BCUT2D eigenvalue weighted by Gasteiger charge is -2.38. The molecule has 13 heteroatoms. The Labute approximate surface area is 216 Å². The minimum absolute atomic E-state index is 0.183. The molecule has 1 aromatic carbocycles. The van der Waals surface area contributed by atoms with Crippen LogP contribution in [0.5, 0.6) is 0 Å². The third-order valence-electron chi connectivity index (χ3n) is 5.75. The van der Waals surface area contributed by atoms with E-state index in [1.807, 2.05) is 0 Å². The molecule has 1 saturated heterocycles. The second kappa shape index (κ2) is 10.8. The van der Waals surface area contributed by atoms with Crippen molar-refractivity contribution in [1.29, 1.82) is 0 Å². The molecule has 4 N–H and O–H groups in total. The lowest BCUT2D eigenvalue weighted by atomic mass is 9.99. The molecule has 2 aromatic heterocycles.